The van der Waals surface area contributed by atoms with Crippen molar-refractivity contribution in [3.63, 3.8) is 0 Å². The maximum atomic E-state index is 5.01. The molecule has 5 nitrogen and oxygen atoms in total. The molecule has 2 aromatic rings. The van der Waals surface area contributed by atoms with Crippen molar-refractivity contribution < 1.29 is 0 Å². The number of fused-ring (bicyclic) bond motifs is 1. The van der Waals surface area contributed by atoms with Gasteiger partial charge < -0.3 is 4.90 Å². The largest absolute Gasteiger partial charge is 0.356 e. The van der Waals surface area contributed by atoms with Crippen LogP contribution in [0.15, 0.2) is 24.5 Å². The van der Waals surface area contributed by atoms with Gasteiger partial charge in [-0.1, -0.05) is 25.3 Å². The highest BCUT2D eigenvalue weighted by atomic mass is 15.2. The van der Waals surface area contributed by atoms with E-state index in [0.717, 1.165) is 45.0 Å². The zero-order chi connectivity index (χ0) is 19.5. The molecule has 0 bridgehead atoms. The van der Waals surface area contributed by atoms with Crippen molar-refractivity contribution in [2.75, 3.05) is 24.5 Å². The van der Waals surface area contributed by atoms with Crippen molar-refractivity contribution in [3.05, 3.63) is 47.2 Å². The van der Waals surface area contributed by atoms with Crippen LogP contribution in [-0.2, 0) is 19.5 Å². The van der Waals surface area contributed by atoms with Crippen LogP contribution in [0.4, 0.5) is 5.82 Å². The molecule has 2 aromatic heterocycles. The average molecular weight is 392 g/mol. The minimum atomic E-state index is 0.592. The molecule has 0 atom stereocenters. The van der Waals surface area contributed by atoms with Gasteiger partial charge in [0.15, 0.2) is 0 Å². The van der Waals surface area contributed by atoms with Gasteiger partial charge in [-0.3, -0.25) is 4.90 Å². The van der Waals surface area contributed by atoms with Gasteiger partial charge >= 0.3 is 0 Å². The highest BCUT2D eigenvalue weighted by molar-refractivity contribution is 5.47. The van der Waals surface area contributed by atoms with Crippen LogP contribution in [0.5, 0.6) is 0 Å². The van der Waals surface area contributed by atoms with E-state index >= 15 is 0 Å². The van der Waals surface area contributed by atoms with Gasteiger partial charge in [0, 0.05) is 74.3 Å². The normalized spacial score (nSPS) is 21.2. The number of anilines is 1. The third-order valence-corrected chi connectivity index (χ3v) is 6.92. The Kier molecular flexibility index (Phi) is 5.75. The Hall–Kier alpha value is -2.01. The van der Waals surface area contributed by atoms with E-state index in [4.69, 9.17) is 15.0 Å². The minimum Gasteiger partial charge on any atom is -0.356 e. The van der Waals surface area contributed by atoms with E-state index in [1.54, 1.807) is 0 Å². The number of piperidine rings is 1. The van der Waals surface area contributed by atoms with Gasteiger partial charge in [-0.2, -0.15) is 0 Å². The molecule has 0 radical (unpaired) electrons. The fourth-order valence-electron chi connectivity index (χ4n) is 5.27. The summed E-state index contributed by atoms with van der Waals surface area (Å²) in [7, 11) is 0. The topological polar surface area (TPSA) is 45.2 Å². The number of aromatic nitrogens is 3. The molecule has 5 heteroatoms. The predicted octanol–water partition coefficient (Wildman–Crippen LogP) is 4.47. The molecule has 1 saturated heterocycles. The summed E-state index contributed by atoms with van der Waals surface area (Å²) in [5.74, 6) is 2.90. The molecule has 3 aliphatic rings. The molecule has 0 amide bonds. The molecular weight excluding hydrogens is 358 g/mol. The van der Waals surface area contributed by atoms with Gasteiger partial charge in [0.25, 0.3) is 0 Å². The summed E-state index contributed by atoms with van der Waals surface area (Å²) in [5, 5.41) is 0. The number of hydrogen-bond acceptors (Lipinski definition) is 5. The Balaban J connectivity index is 1.28. The molecule has 0 N–H and O–H groups in total. The van der Waals surface area contributed by atoms with E-state index in [-0.39, 0.29) is 0 Å². The molecule has 154 valence electrons. The summed E-state index contributed by atoms with van der Waals surface area (Å²) < 4.78 is 0. The molecule has 0 unspecified atom stereocenters. The van der Waals surface area contributed by atoms with Crippen LogP contribution in [-0.4, -0.2) is 39.5 Å². The molecular formula is C24H33N5. The van der Waals surface area contributed by atoms with Gasteiger partial charge in [-0.25, -0.2) is 15.0 Å². The van der Waals surface area contributed by atoms with Crippen molar-refractivity contribution in [3.8, 4) is 0 Å². The lowest BCUT2D eigenvalue weighted by Gasteiger charge is -2.32. The monoisotopic (exact) mass is 391 g/mol. The number of rotatable bonds is 4. The van der Waals surface area contributed by atoms with Crippen LogP contribution < -0.4 is 4.90 Å². The third kappa shape index (κ3) is 4.30. The highest BCUT2D eigenvalue weighted by Crippen LogP contribution is 2.32. The summed E-state index contributed by atoms with van der Waals surface area (Å²) in [6.45, 7) is 5.27. The SMILES string of the molecule is c1cnc(N2CCCCC2)c(CN2CCc3nc(C4CCCCC4)ncc3C2)c1. The third-order valence-electron chi connectivity index (χ3n) is 6.92. The van der Waals surface area contributed by atoms with Crippen molar-refractivity contribution in [2.45, 2.75) is 76.8 Å². The second-order valence-corrected chi connectivity index (χ2v) is 9.03. The first-order valence-electron chi connectivity index (χ1n) is 11.6. The van der Waals surface area contributed by atoms with Crippen molar-refractivity contribution in [1.29, 1.82) is 0 Å². The van der Waals surface area contributed by atoms with Crippen LogP contribution in [0.2, 0.25) is 0 Å². The molecule has 1 aliphatic carbocycles. The Morgan fingerprint density at radius 2 is 1.76 bits per heavy atom. The molecule has 4 heterocycles. The van der Waals surface area contributed by atoms with E-state index in [1.807, 2.05) is 6.20 Å². The van der Waals surface area contributed by atoms with Crippen molar-refractivity contribution in [1.82, 2.24) is 19.9 Å². The predicted molar refractivity (Wildman–Crippen MR) is 116 cm³/mol. The Morgan fingerprint density at radius 3 is 2.62 bits per heavy atom. The lowest BCUT2D eigenvalue weighted by atomic mass is 9.88. The Bertz CT molecular complexity index is 824. The average Bonchev–Trinajstić information content (AvgIpc) is 2.80. The quantitative estimate of drug-likeness (QED) is 0.769. The van der Waals surface area contributed by atoms with Crippen LogP contribution in [0, 0.1) is 0 Å². The lowest BCUT2D eigenvalue weighted by Crippen LogP contribution is -2.34. The summed E-state index contributed by atoms with van der Waals surface area (Å²) in [5.41, 5.74) is 3.97. The van der Waals surface area contributed by atoms with E-state index < -0.39 is 0 Å². The standard InChI is InChI=1S/C24H33N5/c1-3-8-19(9-4-1)23-26-16-21-18-28(15-11-22(21)27-23)17-20-10-7-12-25-24(20)29-13-5-2-6-14-29/h7,10,12,16,19H,1-6,8-9,11,13-15,17-18H2. The maximum Gasteiger partial charge on any atom is 0.133 e. The van der Waals surface area contributed by atoms with Gasteiger partial charge in [0.1, 0.15) is 11.6 Å². The first-order valence-corrected chi connectivity index (χ1v) is 11.6. The molecule has 0 aromatic carbocycles. The molecule has 2 aliphatic heterocycles. The Labute approximate surface area is 174 Å². The van der Waals surface area contributed by atoms with Crippen molar-refractivity contribution in [2.24, 2.45) is 0 Å². The molecule has 0 spiro atoms. The number of hydrogen-bond donors (Lipinski definition) is 0. The smallest absolute Gasteiger partial charge is 0.133 e. The van der Waals surface area contributed by atoms with Crippen molar-refractivity contribution >= 4 is 5.82 Å². The van der Waals surface area contributed by atoms with Gasteiger partial charge in [0.05, 0.1) is 0 Å². The fraction of sp³-hybridized carbons (Fsp3) is 0.625. The fourth-order valence-corrected chi connectivity index (χ4v) is 5.27. The summed E-state index contributed by atoms with van der Waals surface area (Å²) >= 11 is 0. The zero-order valence-electron chi connectivity index (χ0n) is 17.5. The van der Waals surface area contributed by atoms with E-state index in [1.165, 1.54) is 74.0 Å². The highest BCUT2D eigenvalue weighted by Gasteiger charge is 2.24. The molecule has 29 heavy (non-hydrogen) atoms. The zero-order valence-corrected chi connectivity index (χ0v) is 17.5. The Morgan fingerprint density at radius 1 is 0.931 bits per heavy atom. The van der Waals surface area contributed by atoms with E-state index in [9.17, 15) is 0 Å². The second kappa shape index (κ2) is 8.78. The second-order valence-electron chi connectivity index (χ2n) is 9.03. The van der Waals surface area contributed by atoms with Crippen LogP contribution in [0.3, 0.4) is 0 Å². The summed E-state index contributed by atoms with van der Waals surface area (Å²) in [6, 6.07) is 4.34. The summed E-state index contributed by atoms with van der Waals surface area (Å²) in [4.78, 5) is 19.6. The van der Waals surface area contributed by atoms with E-state index in [0.29, 0.717) is 5.92 Å². The van der Waals surface area contributed by atoms with E-state index in [2.05, 4.69) is 28.1 Å². The van der Waals surface area contributed by atoms with Crippen LogP contribution in [0.25, 0.3) is 0 Å². The lowest BCUT2D eigenvalue weighted by molar-refractivity contribution is 0.242. The van der Waals surface area contributed by atoms with Gasteiger partial charge in [0.2, 0.25) is 0 Å². The first kappa shape index (κ1) is 19.0. The number of nitrogens with zero attached hydrogens (tertiary/aromatic N) is 5. The first-order chi connectivity index (χ1) is 14.4. The number of pyridine rings is 1. The minimum absolute atomic E-state index is 0.592. The van der Waals surface area contributed by atoms with Crippen LogP contribution in [0.1, 0.15) is 79.9 Å². The van der Waals surface area contributed by atoms with Gasteiger partial charge in [-0.15, -0.1) is 0 Å². The maximum absolute atomic E-state index is 5.01. The van der Waals surface area contributed by atoms with Crippen LogP contribution >= 0.6 is 0 Å². The molecule has 1 saturated carbocycles. The molecule has 5 rings (SSSR count). The summed E-state index contributed by atoms with van der Waals surface area (Å²) in [6.07, 6.45) is 15.6. The van der Waals surface area contributed by atoms with Gasteiger partial charge in [-0.05, 0) is 38.2 Å². The molecule has 2 fully saturated rings.